The number of anilines is 1. The van der Waals surface area contributed by atoms with E-state index in [2.05, 4.69) is 4.72 Å². The molecule has 4 nitrogen and oxygen atoms in total. The number of hydrogen-bond donors (Lipinski definition) is 2. The molecule has 3 N–H and O–H groups in total. The highest BCUT2D eigenvalue weighted by Crippen LogP contribution is 2.48. The van der Waals surface area contributed by atoms with Crippen molar-refractivity contribution in [1.82, 2.24) is 4.72 Å². The second-order valence-corrected chi connectivity index (χ2v) is 8.12. The summed E-state index contributed by atoms with van der Waals surface area (Å²) in [6.07, 6.45) is 5.00. The van der Waals surface area contributed by atoms with Crippen molar-refractivity contribution in [3.63, 3.8) is 0 Å². The molecule has 3 rings (SSSR count). The van der Waals surface area contributed by atoms with Crippen molar-refractivity contribution in [3.8, 4) is 0 Å². The lowest BCUT2D eigenvalue weighted by Crippen LogP contribution is -2.31. The van der Waals surface area contributed by atoms with Crippen molar-refractivity contribution in [1.29, 1.82) is 0 Å². The molecule has 1 aromatic rings. The Labute approximate surface area is 124 Å². The number of nitrogens with one attached hydrogen (secondary N) is 1. The number of rotatable bonds is 4. The average Bonchev–Trinajstić information content (AvgIpc) is 2.98. The molecule has 2 fully saturated rings. The van der Waals surface area contributed by atoms with E-state index in [1.165, 1.54) is 31.4 Å². The molecule has 0 saturated heterocycles. The maximum atomic E-state index is 12.3. The molecule has 0 aliphatic heterocycles. The molecule has 0 radical (unpaired) electrons. The molecule has 2 aliphatic carbocycles. The number of sulfonamides is 1. The molecule has 3 unspecified atom stereocenters. The minimum atomic E-state index is -3.55. The van der Waals surface area contributed by atoms with Crippen LogP contribution in [0, 0.1) is 17.8 Å². The summed E-state index contributed by atoms with van der Waals surface area (Å²) in [6, 6.07) is 4.48. The van der Waals surface area contributed by atoms with E-state index in [-0.39, 0.29) is 9.92 Å². The number of fused-ring (bicyclic) bond motifs is 2. The van der Waals surface area contributed by atoms with E-state index in [0.717, 1.165) is 12.3 Å². The van der Waals surface area contributed by atoms with E-state index in [1.807, 2.05) is 0 Å². The lowest BCUT2D eigenvalue weighted by molar-refractivity contribution is 0.333. The Bertz CT molecular complexity index is 618. The zero-order chi connectivity index (χ0) is 14.3. The lowest BCUT2D eigenvalue weighted by atomic mass is 9.89. The van der Waals surface area contributed by atoms with Crippen LogP contribution in [0.2, 0.25) is 5.02 Å². The molecular formula is C14H19ClN2O2S. The van der Waals surface area contributed by atoms with Crippen LogP contribution in [0.5, 0.6) is 0 Å². The minimum Gasteiger partial charge on any atom is -0.399 e. The summed E-state index contributed by atoms with van der Waals surface area (Å²) in [4.78, 5) is 0.108. The van der Waals surface area contributed by atoms with Crippen molar-refractivity contribution in [2.45, 2.75) is 30.6 Å². The molecule has 20 heavy (non-hydrogen) atoms. The standard InChI is InChI=1S/C14H19ClN2O2S/c15-13-7-12(16)3-4-14(13)20(18,19)17-8-11-6-9-1-2-10(11)5-9/h3-4,7,9-11,17H,1-2,5-6,8,16H2. The smallest absolute Gasteiger partial charge is 0.242 e. The van der Waals surface area contributed by atoms with E-state index in [0.29, 0.717) is 24.1 Å². The van der Waals surface area contributed by atoms with E-state index in [1.54, 1.807) is 6.07 Å². The van der Waals surface area contributed by atoms with Crippen LogP contribution >= 0.6 is 11.6 Å². The number of nitrogens with two attached hydrogens (primary N) is 1. The van der Waals surface area contributed by atoms with Gasteiger partial charge in [-0.05, 0) is 55.2 Å². The fourth-order valence-electron chi connectivity index (χ4n) is 3.66. The molecule has 0 heterocycles. The molecule has 2 bridgehead atoms. The van der Waals surface area contributed by atoms with Gasteiger partial charge in [-0.3, -0.25) is 0 Å². The minimum absolute atomic E-state index is 0.108. The highest BCUT2D eigenvalue weighted by molar-refractivity contribution is 7.89. The third-order valence-corrected chi connectivity index (χ3v) is 6.57. The molecule has 0 spiro atoms. The van der Waals surface area contributed by atoms with Crippen LogP contribution in [0.25, 0.3) is 0 Å². The molecule has 2 aliphatic rings. The van der Waals surface area contributed by atoms with Gasteiger partial charge in [0.2, 0.25) is 10.0 Å². The summed E-state index contributed by atoms with van der Waals surface area (Å²) in [7, 11) is -3.55. The third kappa shape index (κ3) is 2.67. The van der Waals surface area contributed by atoms with Gasteiger partial charge in [0.05, 0.1) is 5.02 Å². The van der Waals surface area contributed by atoms with Gasteiger partial charge in [0.15, 0.2) is 0 Å². The van der Waals surface area contributed by atoms with Gasteiger partial charge in [-0.2, -0.15) is 0 Å². The van der Waals surface area contributed by atoms with Crippen LogP contribution in [0.4, 0.5) is 5.69 Å². The Morgan fingerprint density at radius 1 is 1.30 bits per heavy atom. The molecule has 110 valence electrons. The Balaban J connectivity index is 1.69. The highest BCUT2D eigenvalue weighted by atomic mass is 35.5. The monoisotopic (exact) mass is 314 g/mol. The normalized spacial score (nSPS) is 28.9. The SMILES string of the molecule is Nc1ccc(S(=O)(=O)NCC2CC3CCC2C3)c(Cl)c1. The van der Waals surface area contributed by atoms with Gasteiger partial charge in [-0.15, -0.1) is 0 Å². The first kappa shape index (κ1) is 14.2. The largest absolute Gasteiger partial charge is 0.399 e. The van der Waals surface area contributed by atoms with Crippen LogP contribution in [-0.4, -0.2) is 15.0 Å². The molecule has 2 saturated carbocycles. The number of benzene rings is 1. The van der Waals surface area contributed by atoms with Gasteiger partial charge >= 0.3 is 0 Å². The molecule has 0 amide bonds. The third-order valence-electron chi connectivity index (χ3n) is 4.67. The van der Waals surface area contributed by atoms with Gasteiger partial charge in [0.1, 0.15) is 4.90 Å². The van der Waals surface area contributed by atoms with Gasteiger partial charge in [0.25, 0.3) is 0 Å². The second-order valence-electron chi connectivity index (χ2n) is 5.98. The molecule has 0 aromatic heterocycles. The van der Waals surface area contributed by atoms with Crippen molar-refractivity contribution < 1.29 is 8.42 Å². The lowest BCUT2D eigenvalue weighted by Gasteiger charge is -2.21. The van der Waals surface area contributed by atoms with Crippen molar-refractivity contribution in [3.05, 3.63) is 23.2 Å². The fourth-order valence-corrected chi connectivity index (χ4v) is 5.30. The first-order chi connectivity index (χ1) is 9.45. The first-order valence-electron chi connectivity index (χ1n) is 7.00. The van der Waals surface area contributed by atoms with E-state index in [4.69, 9.17) is 17.3 Å². The molecular weight excluding hydrogens is 296 g/mol. The summed E-state index contributed by atoms with van der Waals surface area (Å²) in [5.74, 6) is 2.00. The zero-order valence-electron chi connectivity index (χ0n) is 11.2. The topological polar surface area (TPSA) is 72.2 Å². The van der Waals surface area contributed by atoms with E-state index >= 15 is 0 Å². The molecule has 3 atom stereocenters. The number of hydrogen-bond acceptors (Lipinski definition) is 3. The Morgan fingerprint density at radius 2 is 2.10 bits per heavy atom. The summed E-state index contributed by atoms with van der Waals surface area (Å²) in [6.45, 7) is 0.518. The first-order valence-corrected chi connectivity index (χ1v) is 8.86. The zero-order valence-corrected chi connectivity index (χ0v) is 12.8. The Hall–Kier alpha value is -0.780. The van der Waals surface area contributed by atoms with Gasteiger partial charge < -0.3 is 5.73 Å². The average molecular weight is 315 g/mol. The summed E-state index contributed by atoms with van der Waals surface area (Å²) < 4.78 is 27.3. The quantitative estimate of drug-likeness (QED) is 0.839. The van der Waals surface area contributed by atoms with Crippen molar-refractivity contribution >= 4 is 27.3 Å². The maximum Gasteiger partial charge on any atom is 0.242 e. The summed E-state index contributed by atoms with van der Waals surface area (Å²) in [5.41, 5.74) is 6.05. The van der Waals surface area contributed by atoms with E-state index in [9.17, 15) is 8.42 Å². The highest BCUT2D eigenvalue weighted by Gasteiger charge is 2.39. The Kier molecular flexibility index (Phi) is 3.69. The van der Waals surface area contributed by atoms with Gasteiger partial charge in [-0.25, -0.2) is 13.1 Å². The van der Waals surface area contributed by atoms with E-state index < -0.39 is 10.0 Å². The van der Waals surface area contributed by atoms with Crippen molar-refractivity contribution in [2.24, 2.45) is 17.8 Å². The summed E-state index contributed by atoms with van der Waals surface area (Å²) in [5, 5.41) is 0.172. The van der Waals surface area contributed by atoms with Crippen LogP contribution in [0.3, 0.4) is 0 Å². The number of halogens is 1. The predicted octanol–water partition coefficient (Wildman–Crippen LogP) is 2.64. The fraction of sp³-hybridized carbons (Fsp3) is 0.571. The molecule has 6 heteroatoms. The number of nitrogen functional groups attached to an aromatic ring is 1. The summed E-state index contributed by atoms with van der Waals surface area (Å²) >= 11 is 5.97. The predicted molar refractivity (Wildman–Crippen MR) is 80.0 cm³/mol. The van der Waals surface area contributed by atoms with Crippen LogP contribution < -0.4 is 10.5 Å². The van der Waals surface area contributed by atoms with Crippen LogP contribution in [-0.2, 0) is 10.0 Å². The van der Waals surface area contributed by atoms with Gasteiger partial charge in [-0.1, -0.05) is 18.0 Å². The van der Waals surface area contributed by atoms with Crippen molar-refractivity contribution in [2.75, 3.05) is 12.3 Å². The van der Waals surface area contributed by atoms with Crippen LogP contribution in [0.15, 0.2) is 23.1 Å². The van der Waals surface area contributed by atoms with Gasteiger partial charge in [0, 0.05) is 12.2 Å². The maximum absolute atomic E-state index is 12.3. The van der Waals surface area contributed by atoms with Crippen LogP contribution in [0.1, 0.15) is 25.7 Å². The molecule has 1 aromatic carbocycles. The second kappa shape index (κ2) is 5.20. The Morgan fingerprint density at radius 3 is 2.70 bits per heavy atom.